The summed E-state index contributed by atoms with van der Waals surface area (Å²) >= 11 is 0. The molecule has 1 nitrogen and oxygen atoms in total. The van der Waals surface area contributed by atoms with Gasteiger partial charge >= 0.3 is 0 Å². The molecule has 0 heterocycles. The molecule has 0 aromatic rings. The lowest BCUT2D eigenvalue weighted by atomic mass is 9.80. The van der Waals surface area contributed by atoms with E-state index < -0.39 is 0 Å². The number of hydrogen-bond donors (Lipinski definition) is 0. The first-order valence-electron chi connectivity index (χ1n) is 22.0. The van der Waals surface area contributed by atoms with Gasteiger partial charge in [-0.25, -0.2) is 0 Å². The van der Waals surface area contributed by atoms with E-state index in [4.69, 9.17) is 0 Å². The zero-order valence-corrected chi connectivity index (χ0v) is 32.8. The Bertz CT molecular complexity index is 487. The first-order valence-corrected chi connectivity index (χ1v) is 22.0. The summed E-state index contributed by atoms with van der Waals surface area (Å²) in [6, 6.07) is 0. The van der Waals surface area contributed by atoms with Crippen LogP contribution in [0.3, 0.4) is 0 Å². The van der Waals surface area contributed by atoms with Gasteiger partial charge in [0.25, 0.3) is 0 Å². The van der Waals surface area contributed by atoms with Gasteiger partial charge in [-0.3, -0.25) is 4.90 Å². The van der Waals surface area contributed by atoms with Crippen LogP contribution in [-0.4, -0.2) is 23.5 Å². The van der Waals surface area contributed by atoms with Crippen LogP contribution in [0, 0.1) is 0 Å². The highest BCUT2D eigenvalue weighted by Crippen LogP contribution is 2.35. The van der Waals surface area contributed by atoms with E-state index in [1.165, 1.54) is 244 Å². The van der Waals surface area contributed by atoms with E-state index in [0.717, 1.165) is 0 Å². The van der Waals surface area contributed by atoms with Gasteiger partial charge in [0.05, 0.1) is 0 Å². The first kappa shape index (κ1) is 45.0. The smallest absolute Gasteiger partial charge is 0.0209 e. The Morgan fingerprint density at radius 3 is 0.733 bits per heavy atom. The number of hydrogen-bond acceptors (Lipinski definition) is 1. The standard InChI is InChI=1S/C44H91N/c1-6-11-15-17-19-21-23-25-27-29-31-33-35-37-40-44(39-10-5,45(42-13-8-3)43-14-9-4)41-38-36-34-32-30-28-26-24-22-20-18-16-12-7-2/h6-43H2,1-5H3. The first-order chi connectivity index (χ1) is 22.2. The maximum Gasteiger partial charge on any atom is 0.0209 e. The highest BCUT2D eigenvalue weighted by Gasteiger charge is 2.34. The van der Waals surface area contributed by atoms with Gasteiger partial charge in [-0.1, -0.05) is 234 Å². The van der Waals surface area contributed by atoms with Crippen molar-refractivity contribution in [3.05, 3.63) is 0 Å². The summed E-state index contributed by atoms with van der Waals surface area (Å²) in [4.78, 5) is 3.04. The fourth-order valence-electron chi connectivity index (χ4n) is 7.90. The maximum absolute atomic E-state index is 3.04. The molecular formula is C44H91N. The molecule has 0 saturated heterocycles. The average Bonchev–Trinajstić information content (AvgIpc) is 3.05. The van der Waals surface area contributed by atoms with Crippen molar-refractivity contribution in [3.8, 4) is 0 Å². The molecule has 0 saturated carbocycles. The van der Waals surface area contributed by atoms with Gasteiger partial charge in [0.15, 0.2) is 0 Å². The van der Waals surface area contributed by atoms with Crippen LogP contribution in [0.15, 0.2) is 0 Å². The second-order valence-electron chi connectivity index (χ2n) is 15.4. The Morgan fingerprint density at radius 2 is 0.489 bits per heavy atom. The third-order valence-electron chi connectivity index (χ3n) is 10.9. The van der Waals surface area contributed by atoms with Crippen molar-refractivity contribution >= 4 is 0 Å². The minimum absolute atomic E-state index is 0.480. The lowest BCUT2D eigenvalue weighted by molar-refractivity contribution is 0.0512. The normalized spacial score (nSPS) is 12.1. The molecule has 0 radical (unpaired) electrons. The van der Waals surface area contributed by atoms with E-state index in [0.29, 0.717) is 5.54 Å². The molecule has 0 rings (SSSR count). The molecule has 0 aliphatic carbocycles. The summed E-state index contributed by atoms with van der Waals surface area (Å²) in [6.45, 7) is 14.6. The Kier molecular flexibility index (Phi) is 36.8. The molecule has 0 fully saturated rings. The monoisotopic (exact) mass is 634 g/mol. The second kappa shape index (κ2) is 36.8. The minimum Gasteiger partial charge on any atom is -0.298 e. The van der Waals surface area contributed by atoms with Crippen LogP contribution in [-0.2, 0) is 0 Å². The van der Waals surface area contributed by atoms with Crippen LogP contribution in [0.5, 0.6) is 0 Å². The van der Waals surface area contributed by atoms with E-state index in [1.54, 1.807) is 0 Å². The SMILES string of the molecule is CCCCCCCCCCCCCCCCC(CCC)(CCCCCCCCCCCCCCCC)N(CCCC)CCCC. The third kappa shape index (κ3) is 28.7. The van der Waals surface area contributed by atoms with Gasteiger partial charge < -0.3 is 0 Å². The zero-order valence-electron chi connectivity index (χ0n) is 32.8. The molecule has 0 amide bonds. The van der Waals surface area contributed by atoms with E-state index >= 15 is 0 Å². The Hall–Kier alpha value is -0.0400. The average molecular weight is 634 g/mol. The van der Waals surface area contributed by atoms with Gasteiger partial charge in [0.1, 0.15) is 0 Å². The summed E-state index contributed by atoms with van der Waals surface area (Å²) < 4.78 is 0. The zero-order chi connectivity index (χ0) is 32.9. The molecule has 0 unspecified atom stereocenters. The summed E-state index contributed by atoms with van der Waals surface area (Å²) in [5, 5.41) is 0. The van der Waals surface area contributed by atoms with E-state index in [-0.39, 0.29) is 0 Å². The van der Waals surface area contributed by atoms with Crippen LogP contribution in [0.25, 0.3) is 0 Å². The molecule has 1 heteroatoms. The summed E-state index contributed by atoms with van der Waals surface area (Å²) in [6.07, 6.45) is 52.2. The highest BCUT2D eigenvalue weighted by molar-refractivity contribution is 4.90. The van der Waals surface area contributed by atoms with Crippen molar-refractivity contribution < 1.29 is 0 Å². The predicted octanol–water partition coefficient (Wildman–Crippen LogP) is 16.2. The fourth-order valence-corrected chi connectivity index (χ4v) is 7.90. The molecule has 0 atom stereocenters. The minimum atomic E-state index is 0.480. The van der Waals surface area contributed by atoms with Gasteiger partial charge in [-0.2, -0.15) is 0 Å². The number of unbranched alkanes of at least 4 members (excludes halogenated alkanes) is 28. The summed E-state index contributed by atoms with van der Waals surface area (Å²) in [7, 11) is 0. The lowest BCUT2D eigenvalue weighted by Crippen LogP contribution is -2.49. The van der Waals surface area contributed by atoms with Crippen molar-refractivity contribution in [1.29, 1.82) is 0 Å². The van der Waals surface area contributed by atoms with Crippen molar-refractivity contribution in [2.75, 3.05) is 13.1 Å². The largest absolute Gasteiger partial charge is 0.298 e. The molecule has 0 N–H and O–H groups in total. The topological polar surface area (TPSA) is 3.24 Å². The quantitative estimate of drug-likeness (QED) is 0.0609. The third-order valence-corrected chi connectivity index (χ3v) is 10.9. The molecule has 0 aromatic carbocycles. The van der Waals surface area contributed by atoms with Crippen molar-refractivity contribution in [2.45, 2.75) is 271 Å². The summed E-state index contributed by atoms with van der Waals surface area (Å²) in [5.74, 6) is 0. The van der Waals surface area contributed by atoms with E-state index in [2.05, 4.69) is 39.5 Å². The Balaban J connectivity index is 4.46. The molecular weight excluding hydrogens is 542 g/mol. The van der Waals surface area contributed by atoms with Crippen molar-refractivity contribution in [3.63, 3.8) is 0 Å². The highest BCUT2D eigenvalue weighted by atomic mass is 15.2. The molecule has 0 bridgehead atoms. The van der Waals surface area contributed by atoms with Crippen molar-refractivity contribution in [2.24, 2.45) is 0 Å². The Morgan fingerprint density at radius 1 is 0.244 bits per heavy atom. The van der Waals surface area contributed by atoms with Crippen molar-refractivity contribution in [1.82, 2.24) is 4.90 Å². The van der Waals surface area contributed by atoms with Gasteiger partial charge in [-0.05, 0) is 45.2 Å². The molecule has 0 aliphatic rings. The van der Waals surface area contributed by atoms with Crippen LogP contribution in [0.4, 0.5) is 0 Å². The molecule has 0 spiro atoms. The van der Waals surface area contributed by atoms with Crippen LogP contribution in [0.2, 0.25) is 0 Å². The predicted molar refractivity (Wildman–Crippen MR) is 209 cm³/mol. The molecule has 272 valence electrons. The van der Waals surface area contributed by atoms with Gasteiger partial charge in [0, 0.05) is 5.54 Å². The Labute approximate surface area is 288 Å². The van der Waals surface area contributed by atoms with Crippen LogP contribution >= 0.6 is 0 Å². The number of nitrogens with zero attached hydrogens (tertiary/aromatic N) is 1. The fraction of sp³-hybridized carbons (Fsp3) is 1.00. The van der Waals surface area contributed by atoms with E-state index in [1.807, 2.05) is 0 Å². The summed E-state index contributed by atoms with van der Waals surface area (Å²) in [5.41, 5.74) is 0.480. The van der Waals surface area contributed by atoms with Gasteiger partial charge in [0.2, 0.25) is 0 Å². The lowest BCUT2D eigenvalue weighted by Gasteiger charge is -2.45. The molecule has 0 aromatic heterocycles. The van der Waals surface area contributed by atoms with Crippen LogP contribution < -0.4 is 0 Å². The van der Waals surface area contributed by atoms with Crippen LogP contribution in [0.1, 0.15) is 266 Å². The van der Waals surface area contributed by atoms with E-state index in [9.17, 15) is 0 Å². The molecule has 45 heavy (non-hydrogen) atoms. The molecule has 0 aliphatic heterocycles. The second-order valence-corrected chi connectivity index (χ2v) is 15.4. The van der Waals surface area contributed by atoms with Gasteiger partial charge in [-0.15, -0.1) is 0 Å². The maximum atomic E-state index is 3.04. The number of rotatable bonds is 39.